The van der Waals surface area contributed by atoms with Gasteiger partial charge in [-0.3, -0.25) is 0 Å². The number of thioether (sulfide) groups is 1. The standard InChI is InChI=1S/C13H16F2O2S/c1-4-7(2)18-11-8(3)9(13(16)17)5-6-10(11)12(14)15/h5-7,12H,4H2,1-3H3,(H,16,17)/t7-/m0/s1. The molecule has 0 amide bonds. The summed E-state index contributed by atoms with van der Waals surface area (Å²) in [6, 6.07) is 2.46. The first-order valence-corrected chi connectivity index (χ1v) is 6.58. The second-order valence-electron chi connectivity index (χ2n) is 4.10. The van der Waals surface area contributed by atoms with Crippen molar-refractivity contribution in [2.75, 3.05) is 0 Å². The number of hydrogen-bond acceptors (Lipinski definition) is 2. The molecule has 0 aliphatic carbocycles. The highest BCUT2D eigenvalue weighted by Crippen LogP contribution is 2.37. The van der Waals surface area contributed by atoms with E-state index in [1.54, 1.807) is 6.92 Å². The summed E-state index contributed by atoms with van der Waals surface area (Å²) in [4.78, 5) is 11.4. The molecule has 0 saturated heterocycles. The van der Waals surface area contributed by atoms with E-state index in [1.165, 1.54) is 23.9 Å². The average Bonchev–Trinajstić information content (AvgIpc) is 2.30. The summed E-state index contributed by atoms with van der Waals surface area (Å²) < 4.78 is 25.9. The predicted octanol–water partition coefficient (Wildman–Crippen LogP) is 4.52. The molecular formula is C13H16F2O2S. The molecule has 2 nitrogen and oxygen atoms in total. The van der Waals surface area contributed by atoms with Gasteiger partial charge in [-0.05, 0) is 25.0 Å². The summed E-state index contributed by atoms with van der Waals surface area (Å²) in [6.07, 6.45) is -1.75. The quantitative estimate of drug-likeness (QED) is 0.802. The maximum Gasteiger partial charge on any atom is 0.335 e. The minimum atomic E-state index is -2.59. The lowest BCUT2D eigenvalue weighted by atomic mass is 10.1. The van der Waals surface area contributed by atoms with Gasteiger partial charge in [0.1, 0.15) is 0 Å². The Hall–Kier alpha value is -1.10. The molecule has 0 spiro atoms. The van der Waals surface area contributed by atoms with Crippen LogP contribution in [0.4, 0.5) is 8.78 Å². The van der Waals surface area contributed by atoms with Crippen molar-refractivity contribution in [1.82, 2.24) is 0 Å². The van der Waals surface area contributed by atoms with Crippen LogP contribution >= 0.6 is 11.8 Å². The Morgan fingerprint density at radius 3 is 2.50 bits per heavy atom. The molecular weight excluding hydrogens is 258 g/mol. The zero-order valence-corrected chi connectivity index (χ0v) is 11.4. The van der Waals surface area contributed by atoms with E-state index < -0.39 is 12.4 Å². The Kier molecular flexibility index (Phi) is 5.14. The van der Waals surface area contributed by atoms with Crippen LogP contribution in [0.1, 0.15) is 48.2 Å². The van der Waals surface area contributed by atoms with Gasteiger partial charge in [0.05, 0.1) is 5.56 Å². The Bertz CT molecular complexity index is 447. The second kappa shape index (κ2) is 6.18. The van der Waals surface area contributed by atoms with E-state index in [1.807, 2.05) is 13.8 Å². The smallest absolute Gasteiger partial charge is 0.335 e. The molecule has 0 heterocycles. The van der Waals surface area contributed by atoms with Crippen molar-refractivity contribution in [3.63, 3.8) is 0 Å². The minimum absolute atomic E-state index is 0.0807. The van der Waals surface area contributed by atoms with Gasteiger partial charge in [0.25, 0.3) is 6.43 Å². The third kappa shape index (κ3) is 3.22. The van der Waals surface area contributed by atoms with Crippen molar-refractivity contribution < 1.29 is 18.7 Å². The summed E-state index contributed by atoms with van der Waals surface area (Å²) in [6.45, 7) is 5.49. The SMILES string of the molecule is CC[C@H](C)Sc1c(C(F)F)ccc(C(=O)O)c1C. The number of benzene rings is 1. The topological polar surface area (TPSA) is 37.3 Å². The minimum Gasteiger partial charge on any atom is -0.478 e. The van der Waals surface area contributed by atoms with Crippen molar-refractivity contribution >= 4 is 17.7 Å². The largest absolute Gasteiger partial charge is 0.478 e. The van der Waals surface area contributed by atoms with Gasteiger partial charge in [0.15, 0.2) is 0 Å². The number of carboxylic acids is 1. The van der Waals surface area contributed by atoms with Crippen LogP contribution in [-0.2, 0) is 0 Å². The number of hydrogen-bond donors (Lipinski definition) is 1. The molecule has 0 bridgehead atoms. The Morgan fingerprint density at radius 2 is 2.06 bits per heavy atom. The zero-order chi connectivity index (χ0) is 13.9. The lowest BCUT2D eigenvalue weighted by Crippen LogP contribution is -2.05. The van der Waals surface area contributed by atoms with Crippen molar-refractivity contribution in [3.8, 4) is 0 Å². The number of carbonyl (C=O) groups is 1. The molecule has 5 heteroatoms. The van der Waals surface area contributed by atoms with Gasteiger partial charge in [0, 0.05) is 15.7 Å². The average molecular weight is 274 g/mol. The van der Waals surface area contributed by atoms with E-state index in [0.717, 1.165) is 6.42 Å². The highest BCUT2D eigenvalue weighted by atomic mass is 32.2. The molecule has 1 atom stereocenters. The van der Waals surface area contributed by atoms with Crippen molar-refractivity contribution in [3.05, 3.63) is 28.8 Å². The molecule has 0 saturated carbocycles. The molecule has 1 aromatic rings. The molecule has 18 heavy (non-hydrogen) atoms. The van der Waals surface area contributed by atoms with E-state index >= 15 is 0 Å². The monoisotopic (exact) mass is 274 g/mol. The van der Waals surface area contributed by atoms with E-state index in [4.69, 9.17) is 5.11 Å². The van der Waals surface area contributed by atoms with Crippen LogP contribution < -0.4 is 0 Å². The number of halogens is 2. The lowest BCUT2D eigenvalue weighted by Gasteiger charge is -2.16. The van der Waals surface area contributed by atoms with Crippen LogP contribution in [0.15, 0.2) is 17.0 Å². The fraction of sp³-hybridized carbons (Fsp3) is 0.462. The maximum atomic E-state index is 12.9. The van der Waals surface area contributed by atoms with E-state index in [-0.39, 0.29) is 16.4 Å². The summed E-state index contributed by atoms with van der Waals surface area (Å²) in [5.74, 6) is -1.08. The van der Waals surface area contributed by atoms with E-state index in [2.05, 4.69) is 0 Å². The highest BCUT2D eigenvalue weighted by molar-refractivity contribution is 8.00. The number of rotatable bonds is 5. The molecule has 1 N–H and O–H groups in total. The van der Waals surface area contributed by atoms with Gasteiger partial charge in [-0.15, -0.1) is 11.8 Å². The second-order valence-corrected chi connectivity index (χ2v) is 5.55. The van der Waals surface area contributed by atoms with Crippen molar-refractivity contribution in [2.45, 2.75) is 43.8 Å². The first-order chi connectivity index (χ1) is 8.38. The highest BCUT2D eigenvalue weighted by Gasteiger charge is 2.21. The Labute approximate surface area is 109 Å². The molecule has 1 aromatic carbocycles. The van der Waals surface area contributed by atoms with Gasteiger partial charge in [0.2, 0.25) is 0 Å². The first-order valence-electron chi connectivity index (χ1n) is 5.70. The molecule has 0 aliphatic rings. The Balaban J connectivity index is 3.31. The fourth-order valence-electron chi connectivity index (χ4n) is 1.56. The molecule has 1 rings (SSSR count). The summed E-state index contributed by atoms with van der Waals surface area (Å²) >= 11 is 1.31. The number of aromatic carboxylic acids is 1. The van der Waals surface area contributed by atoms with Crippen molar-refractivity contribution in [2.24, 2.45) is 0 Å². The molecule has 100 valence electrons. The van der Waals surface area contributed by atoms with Crippen LogP contribution in [0.5, 0.6) is 0 Å². The maximum absolute atomic E-state index is 12.9. The molecule has 0 radical (unpaired) electrons. The van der Waals surface area contributed by atoms with Crippen LogP contribution in [0.2, 0.25) is 0 Å². The normalized spacial score (nSPS) is 12.8. The van der Waals surface area contributed by atoms with Gasteiger partial charge in [-0.25, -0.2) is 13.6 Å². The third-order valence-corrected chi connectivity index (χ3v) is 4.31. The van der Waals surface area contributed by atoms with Crippen LogP contribution in [-0.4, -0.2) is 16.3 Å². The van der Waals surface area contributed by atoms with Gasteiger partial charge < -0.3 is 5.11 Å². The summed E-state index contributed by atoms with van der Waals surface area (Å²) in [5, 5.41) is 9.19. The fourth-order valence-corrected chi connectivity index (χ4v) is 2.71. The molecule has 0 unspecified atom stereocenters. The number of alkyl halides is 2. The van der Waals surface area contributed by atoms with Gasteiger partial charge in [-0.2, -0.15) is 0 Å². The summed E-state index contributed by atoms with van der Waals surface area (Å²) in [7, 11) is 0. The van der Waals surface area contributed by atoms with E-state index in [9.17, 15) is 13.6 Å². The summed E-state index contributed by atoms with van der Waals surface area (Å²) in [5.41, 5.74) is 0.429. The van der Waals surface area contributed by atoms with Gasteiger partial charge >= 0.3 is 5.97 Å². The van der Waals surface area contributed by atoms with Crippen molar-refractivity contribution in [1.29, 1.82) is 0 Å². The lowest BCUT2D eigenvalue weighted by molar-refractivity contribution is 0.0695. The van der Waals surface area contributed by atoms with E-state index in [0.29, 0.717) is 10.5 Å². The first kappa shape index (κ1) is 15.0. The molecule has 0 aliphatic heterocycles. The molecule has 0 aromatic heterocycles. The van der Waals surface area contributed by atoms with Crippen LogP contribution in [0, 0.1) is 6.92 Å². The Morgan fingerprint density at radius 1 is 1.44 bits per heavy atom. The third-order valence-electron chi connectivity index (χ3n) is 2.80. The molecule has 0 fully saturated rings. The zero-order valence-electron chi connectivity index (χ0n) is 10.5. The predicted molar refractivity (Wildman–Crippen MR) is 68.7 cm³/mol. The van der Waals surface area contributed by atoms with Gasteiger partial charge in [-0.1, -0.05) is 19.9 Å². The van der Waals surface area contributed by atoms with Crippen LogP contribution in [0.3, 0.4) is 0 Å². The number of carboxylic acid groups (broad SMARTS) is 1. The van der Waals surface area contributed by atoms with Crippen LogP contribution in [0.25, 0.3) is 0 Å².